The van der Waals surface area contributed by atoms with Gasteiger partial charge >= 0.3 is 0 Å². The third kappa shape index (κ3) is 2.83. The molecular weight excluding hydrogens is 413 g/mol. The van der Waals surface area contributed by atoms with Gasteiger partial charge in [-0.25, -0.2) is 0 Å². The maximum Gasteiger partial charge on any atom is 0.0718 e. The van der Waals surface area contributed by atoms with Crippen molar-refractivity contribution in [2.75, 3.05) is 11.5 Å². The summed E-state index contributed by atoms with van der Waals surface area (Å²) in [7, 11) is 0. The first-order valence-electron chi connectivity index (χ1n) is 6.64. The summed E-state index contributed by atoms with van der Waals surface area (Å²) < 4.78 is 10.9. The minimum Gasteiger partial charge on any atom is -0.116 e. The van der Waals surface area contributed by atoms with Crippen LogP contribution < -0.4 is 0 Å². The molecule has 8 heteroatoms. The van der Waals surface area contributed by atoms with Crippen LogP contribution in [0.2, 0.25) is 0 Å². The summed E-state index contributed by atoms with van der Waals surface area (Å²) in [6.45, 7) is 0. The molecule has 0 nitrogen and oxygen atoms in total. The van der Waals surface area contributed by atoms with Gasteiger partial charge in [0.2, 0.25) is 0 Å². The average Bonchev–Trinajstić information content (AvgIpc) is 3.06. The number of hydrogen-bond acceptors (Lipinski definition) is 8. The highest BCUT2D eigenvalue weighted by molar-refractivity contribution is 8.49. The maximum atomic E-state index is 2.05. The topological polar surface area (TPSA) is 0 Å². The molecule has 110 valence electrons. The maximum absolute atomic E-state index is 2.05. The zero-order valence-corrected chi connectivity index (χ0v) is 17.3. The lowest BCUT2D eigenvalue weighted by Gasteiger charge is -2.19. The van der Waals surface area contributed by atoms with E-state index in [9.17, 15) is 0 Å². The highest BCUT2D eigenvalue weighted by atomic mass is 32.3. The molecule has 21 heavy (non-hydrogen) atoms. The molecule has 4 heterocycles. The van der Waals surface area contributed by atoms with Crippen LogP contribution in [-0.4, -0.2) is 11.5 Å². The van der Waals surface area contributed by atoms with E-state index in [0.29, 0.717) is 0 Å². The molecule has 0 aromatic heterocycles. The minimum atomic E-state index is 1.28. The first-order chi connectivity index (χ1) is 10.4. The predicted molar refractivity (Wildman–Crippen MR) is 112 cm³/mol. The van der Waals surface area contributed by atoms with Gasteiger partial charge in [0.25, 0.3) is 0 Å². The molecule has 5 aliphatic rings. The summed E-state index contributed by atoms with van der Waals surface area (Å²) in [5, 5.41) is 0. The van der Waals surface area contributed by atoms with Crippen molar-refractivity contribution in [3.63, 3.8) is 0 Å². The van der Waals surface area contributed by atoms with Crippen molar-refractivity contribution in [1.29, 1.82) is 0 Å². The quantitative estimate of drug-likeness (QED) is 0.385. The van der Waals surface area contributed by atoms with Gasteiger partial charge in [-0.2, -0.15) is 0 Å². The van der Waals surface area contributed by atoms with Crippen LogP contribution in [0, 0.1) is 0 Å². The number of rotatable bonds is 0. The standard InChI is InChI=1S/C13H10S8/c1-2-6(3-1)7-16-10-11(17-7)21-13(20-10)12-18-8-9(19-12)15-5-4-14-8/h1-5H2. The van der Waals surface area contributed by atoms with Crippen molar-refractivity contribution in [2.24, 2.45) is 0 Å². The third-order valence-electron chi connectivity index (χ3n) is 3.41. The molecule has 0 bridgehead atoms. The van der Waals surface area contributed by atoms with E-state index in [1.54, 1.807) is 26.8 Å². The van der Waals surface area contributed by atoms with E-state index in [2.05, 4.69) is 0 Å². The molecule has 1 saturated carbocycles. The van der Waals surface area contributed by atoms with Gasteiger partial charge in [-0.1, -0.05) is 70.6 Å². The van der Waals surface area contributed by atoms with Gasteiger partial charge in [0.15, 0.2) is 0 Å². The fourth-order valence-electron chi connectivity index (χ4n) is 2.17. The smallest absolute Gasteiger partial charge is 0.0718 e. The Morgan fingerprint density at radius 1 is 0.476 bits per heavy atom. The lowest BCUT2D eigenvalue weighted by atomic mass is 9.94. The molecular formula is C13H10S8. The number of thioether (sulfide) groups is 8. The van der Waals surface area contributed by atoms with Crippen molar-refractivity contribution < 1.29 is 0 Å². The number of hydrogen-bond donors (Lipinski definition) is 0. The molecule has 0 atom stereocenters. The van der Waals surface area contributed by atoms with Crippen LogP contribution in [0.5, 0.6) is 0 Å². The molecule has 0 saturated heterocycles. The van der Waals surface area contributed by atoms with Gasteiger partial charge in [0.05, 0.1) is 29.7 Å². The first kappa shape index (κ1) is 15.0. The Hall–Kier alpha value is 1.76. The molecule has 1 fully saturated rings. The molecule has 0 spiro atoms. The summed E-state index contributed by atoms with van der Waals surface area (Å²) in [6.07, 6.45) is 4.09. The zero-order valence-electron chi connectivity index (χ0n) is 10.8. The van der Waals surface area contributed by atoms with Gasteiger partial charge in [-0.3, -0.25) is 0 Å². The predicted octanol–water partition coefficient (Wildman–Crippen LogP) is 7.68. The van der Waals surface area contributed by atoms with Crippen LogP contribution in [0.4, 0.5) is 0 Å². The average molecular weight is 423 g/mol. The van der Waals surface area contributed by atoms with E-state index in [4.69, 9.17) is 0 Å². The fourth-order valence-corrected chi connectivity index (χ4v) is 14.9. The SMILES string of the molecule is C1CC(=C2SC3=C(S2)SC(=C2SC4=C(SCCS4)S2)S3)C1. The molecule has 0 radical (unpaired) electrons. The minimum absolute atomic E-state index is 1.28. The van der Waals surface area contributed by atoms with Gasteiger partial charge in [0.1, 0.15) is 0 Å². The van der Waals surface area contributed by atoms with Crippen LogP contribution in [-0.2, 0) is 0 Å². The molecule has 0 unspecified atom stereocenters. The van der Waals surface area contributed by atoms with Crippen molar-refractivity contribution >= 4 is 94.1 Å². The van der Waals surface area contributed by atoms with E-state index in [-0.39, 0.29) is 0 Å². The van der Waals surface area contributed by atoms with Gasteiger partial charge in [0, 0.05) is 11.5 Å². The van der Waals surface area contributed by atoms with Crippen LogP contribution >= 0.6 is 94.1 Å². The van der Waals surface area contributed by atoms with E-state index in [1.807, 2.05) is 94.1 Å². The van der Waals surface area contributed by atoms with E-state index in [1.165, 1.54) is 39.2 Å². The first-order valence-corrected chi connectivity index (χ1v) is 13.5. The van der Waals surface area contributed by atoms with Crippen molar-refractivity contribution in [2.45, 2.75) is 19.3 Å². The van der Waals surface area contributed by atoms with Crippen molar-refractivity contribution in [1.82, 2.24) is 0 Å². The van der Waals surface area contributed by atoms with Crippen LogP contribution in [0.25, 0.3) is 0 Å². The Morgan fingerprint density at radius 2 is 0.905 bits per heavy atom. The zero-order chi connectivity index (χ0) is 13.8. The molecule has 0 aromatic rings. The van der Waals surface area contributed by atoms with Crippen LogP contribution in [0.15, 0.2) is 35.2 Å². The summed E-state index contributed by atoms with van der Waals surface area (Å²) >= 11 is 16.3. The fraction of sp³-hybridized carbons (Fsp3) is 0.385. The normalized spacial score (nSPS) is 28.6. The Balaban J connectivity index is 1.32. The number of allylic oxidation sites excluding steroid dienone is 1. The Morgan fingerprint density at radius 3 is 1.33 bits per heavy atom. The Kier molecular flexibility index (Phi) is 4.47. The summed E-state index contributed by atoms with van der Waals surface area (Å²) in [5.74, 6) is 2.55. The molecule has 1 aliphatic carbocycles. The molecule has 5 rings (SSSR count). The highest BCUT2D eigenvalue weighted by Crippen LogP contribution is 2.71. The largest absolute Gasteiger partial charge is 0.116 e. The summed E-state index contributed by atoms with van der Waals surface area (Å²) in [5.41, 5.74) is 1.71. The Bertz CT molecular complexity index is 605. The van der Waals surface area contributed by atoms with Crippen LogP contribution in [0.1, 0.15) is 19.3 Å². The molecule has 0 aromatic carbocycles. The third-order valence-corrected chi connectivity index (χ3v) is 15.5. The summed E-state index contributed by atoms with van der Waals surface area (Å²) in [6, 6.07) is 0. The van der Waals surface area contributed by atoms with Gasteiger partial charge in [-0.05, 0) is 24.8 Å². The van der Waals surface area contributed by atoms with Crippen molar-refractivity contribution in [3.8, 4) is 0 Å². The molecule has 0 N–H and O–H groups in total. The molecule has 0 amide bonds. The van der Waals surface area contributed by atoms with Crippen molar-refractivity contribution in [3.05, 3.63) is 35.2 Å². The highest BCUT2D eigenvalue weighted by Gasteiger charge is 2.36. The second kappa shape index (κ2) is 6.24. The monoisotopic (exact) mass is 422 g/mol. The van der Waals surface area contributed by atoms with E-state index < -0.39 is 0 Å². The summed E-state index contributed by atoms with van der Waals surface area (Å²) in [4.78, 5) is 0. The van der Waals surface area contributed by atoms with Gasteiger partial charge < -0.3 is 0 Å². The second-order valence-corrected chi connectivity index (χ2v) is 14.9. The Labute approximate surface area is 158 Å². The second-order valence-electron chi connectivity index (χ2n) is 4.78. The van der Waals surface area contributed by atoms with E-state index in [0.717, 1.165) is 0 Å². The molecule has 4 aliphatic heterocycles. The van der Waals surface area contributed by atoms with E-state index >= 15 is 0 Å². The lowest BCUT2D eigenvalue weighted by molar-refractivity contribution is 0.664. The lowest BCUT2D eigenvalue weighted by Crippen LogP contribution is -1.97. The van der Waals surface area contributed by atoms with Gasteiger partial charge in [-0.15, -0.1) is 23.5 Å². The van der Waals surface area contributed by atoms with Crippen LogP contribution in [0.3, 0.4) is 0 Å².